The fraction of sp³-hybridized carbons (Fsp3) is 0.880. The van der Waals surface area contributed by atoms with Crippen LogP contribution in [0.15, 0.2) is 11.3 Å². The van der Waals surface area contributed by atoms with Crippen molar-refractivity contribution in [2.75, 3.05) is 21.2 Å². The van der Waals surface area contributed by atoms with Crippen molar-refractivity contribution in [3.8, 4) is 0 Å². The van der Waals surface area contributed by atoms with Crippen LogP contribution in [0, 0.1) is 5.92 Å². The molecule has 2 aliphatic rings. The summed E-state index contributed by atoms with van der Waals surface area (Å²) in [7, 11) is 5.61. The summed E-state index contributed by atoms with van der Waals surface area (Å²) in [4.78, 5) is 14.6. The molecule has 34 heavy (non-hydrogen) atoms. The second-order valence-electron chi connectivity index (χ2n) is 10.7. The molecule has 196 valence electrons. The molecule has 2 rings (SSSR count). The Hall–Kier alpha value is -1.05. The minimum absolute atomic E-state index is 0.0314. The van der Waals surface area contributed by atoms with E-state index in [1.54, 1.807) is 27.9 Å². The first-order chi connectivity index (χ1) is 15.8. The molecule has 0 aliphatic carbocycles. The summed E-state index contributed by atoms with van der Waals surface area (Å²) in [6, 6.07) is 0.0396. The van der Waals surface area contributed by atoms with Gasteiger partial charge in [-0.2, -0.15) is 0 Å². The van der Waals surface area contributed by atoms with E-state index < -0.39 is 29.8 Å². The van der Waals surface area contributed by atoms with Gasteiger partial charge in [-0.05, 0) is 53.6 Å². The van der Waals surface area contributed by atoms with Crippen LogP contribution in [0.1, 0.15) is 74.1 Å². The Morgan fingerprint density at radius 3 is 2.47 bits per heavy atom. The first kappa shape index (κ1) is 29.2. The summed E-state index contributed by atoms with van der Waals surface area (Å²) in [5.41, 5.74) is -0.640. The highest BCUT2D eigenvalue weighted by atomic mass is 31.1. The van der Waals surface area contributed by atoms with E-state index in [4.69, 9.17) is 23.7 Å². The van der Waals surface area contributed by atoms with Crippen molar-refractivity contribution >= 4 is 14.4 Å². The predicted molar refractivity (Wildman–Crippen MR) is 131 cm³/mol. The van der Waals surface area contributed by atoms with Gasteiger partial charge in [0.15, 0.2) is 14.8 Å². The minimum atomic E-state index is -1.07. The SMILES string of the molecule is CC[C@H](C)C[C@](C)(OC)[C@@H](CC1=C(C)C(=O)OC(C)(C)O1)O[C@@H]1O[C@H](C)CC(N(C)C)[C@H]1P=O. The van der Waals surface area contributed by atoms with Crippen LogP contribution in [-0.4, -0.2) is 73.7 Å². The average molecular weight is 502 g/mol. The fourth-order valence-electron chi connectivity index (χ4n) is 4.70. The minimum Gasteiger partial charge on any atom is -0.457 e. The highest BCUT2D eigenvalue weighted by molar-refractivity contribution is 7.24. The van der Waals surface area contributed by atoms with E-state index in [1.807, 2.05) is 27.9 Å². The van der Waals surface area contributed by atoms with Crippen LogP contribution in [0.3, 0.4) is 0 Å². The van der Waals surface area contributed by atoms with Gasteiger partial charge in [0.05, 0.1) is 23.4 Å². The summed E-state index contributed by atoms with van der Waals surface area (Å²) in [6.45, 7) is 13.5. The van der Waals surface area contributed by atoms with Crippen LogP contribution in [0.4, 0.5) is 0 Å². The number of esters is 1. The number of ether oxygens (including phenoxy) is 5. The molecule has 0 saturated carbocycles. The molecule has 0 spiro atoms. The highest BCUT2D eigenvalue weighted by Gasteiger charge is 2.46. The van der Waals surface area contributed by atoms with Crippen molar-refractivity contribution in [3.05, 3.63) is 11.3 Å². The summed E-state index contributed by atoms with van der Waals surface area (Å²) < 4.78 is 42.6. The van der Waals surface area contributed by atoms with E-state index in [2.05, 4.69) is 18.7 Å². The van der Waals surface area contributed by atoms with Gasteiger partial charge in [-0.25, -0.2) is 4.79 Å². The molecule has 0 amide bonds. The van der Waals surface area contributed by atoms with E-state index in [0.29, 0.717) is 23.7 Å². The Balaban J connectivity index is 2.45. The smallest absolute Gasteiger partial charge is 0.340 e. The van der Waals surface area contributed by atoms with Crippen LogP contribution in [0.2, 0.25) is 0 Å². The predicted octanol–water partition coefficient (Wildman–Crippen LogP) is 4.91. The van der Waals surface area contributed by atoms with Gasteiger partial charge in [-0.1, -0.05) is 20.3 Å². The monoisotopic (exact) mass is 501 g/mol. The number of hydrogen-bond donors (Lipinski definition) is 0. The van der Waals surface area contributed by atoms with Crippen molar-refractivity contribution in [2.45, 2.75) is 116 Å². The van der Waals surface area contributed by atoms with Crippen LogP contribution in [0.5, 0.6) is 0 Å². The van der Waals surface area contributed by atoms with Gasteiger partial charge in [0.25, 0.3) is 0 Å². The first-order valence-corrected chi connectivity index (χ1v) is 13.1. The van der Waals surface area contributed by atoms with Gasteiger partial charge in [-0.3, -0.25) is 4.57 Å². The Labute approximate surface area is 206 Å². The zero-order valence-corrected chi connectivity index (χ0v) is 23.4. The van der Waals surface area contributed by atoms with Gasteiger partial charge in [0.1, 0.15) is 11.4 Å². The Bertz CT molecular complexity index is 756. The van der Waals surface area contributed by atoms with Crippen molar-refractivity contribution < 1.29 is 33.0 Å². The molecule has 2 aliphatic heterocycles. The molecule has 1 fully saturated rings. The standard InChI is InChI=1S/C25H44NO7P/c1-11-15(2)14-25(7,29-10)20(13-19-17(4)22(27)33-24(5,6)32-19)31-23-21(34-28)18(26(8)9)12-16(3)30-23/h15-16,18,20-21,23H,11-14H2,1-10H3/t15-,16+,18?,20+,21+,23-,25-/m0/s1. The maximum Gasteiger partial charge on any atom is 0.340 e. The van der Waals surface area contributed by atoms with E-state index in [1.165, 1.54) is 0 Å². The summed E-state index contributed by atoms with van der Waals surface area (Å²) in [5, 5.41) is 0. The Kier molecular flexibility index (Phi) is 10.1. The van der Waals surface area contributed by atoms with Crippen LogP contribution >= 0.6 is 8.46 Å². The average Bonchev–Trinajstić information content (AvgIpc) is 2.75. The number of carbonyl (C=O) groups excluding carboxylic acids is 1. The van der Waals surface area contributed by atoms with E-state index >= 15 is 0 Å². The van der Waals surface area contributed by atoms with Crippen LogP contribution < -0.4 is 0 Å². The molecule has 0 aromatic rings. The zero-order chi connectivity index (χ0) is 25.8. The second kappa shape index (κ2) is 11.8. The number of nitrogens with zero attached hydrogens (tertiary/aromatic N) is 1. The van der Waals surface area contributed by atoms with Gasteiger partial charge < -0.3 is 28.6 Å². The lowest BCUT2D eigenvalue weighted by atomic mass is 9.84. The molecular formula is C25H44NO7P. The molecule has 9 heteroatoms. The van der Waals surface area contributed by atoms with E-state index in [9.17, 15) is 9.36 Å². The topological polar surface area (TPSA) is 83.5 Å². The molecular weight excluding hydrogens is 457 g/mol. The van der Waals surface area contributed by atoms with Crippen LogP contribution in [0.25, 0.3) is 0 Å². The largest absolute Gasteiger partial charge is 0.457 e. The maximum atomic E-state index is 12.5. The lowest BCUT2D eigenvalue weighted by Crippen LogP contribution is -2.55. The second-order valence-corrected chi connectivity index (χ2v) is 11.5. The molecule has 1 unspecified atom stereocenters. The quantitative estimate of drug-likeness (QED) is 0.292. The molecule has 0 bridgehead atoms. The molecule has 0 radical (unpaired) electrons. The lowest BCUT2D eigenvalue weighted by Gasteiger charge is -2.45. The van der Waals surface area contributed by atoms with Gasteiger partial charge in [-0.15, -0.1) is 0 Å². The van der Waals surface area contributed by atoms with Gasteiger partial charge >= 0.3 is 5.97 Å². The van der Waals surface area contributed by atoms with Crippen molar-refractivity contribution in [1.82, 2.24) is 4.90 Å². The number of methoxy groups -OCH3 is 1. The van der Waals surface area contributed by atoms with Gasteiger partial charge in [0, 0.05) is 33.4 Å². The number of rotatable bonds is 11. The third-order valence-corrected chi connectivity index (χ3v) is 7.93. The zero-order valence-electron chi connectivity index (χ0n) is 22.5. The van der Waals surface area contributed by atoms with Crippen LogP contribution in [-0.2, 0) is 33.0 Å². The molecule has 0 aromatic carbocycles. The molecule has 0 aromatic heterocycles. The molecule has 8 nitrogen and oxygen atoms in total. The Morgan fingerprint density at radius 1 is 1.29 bits per heavy atom. The fourth-order valence-corrected chi connectivity index (χ4v) is 5.47. The van der Waals surface area contributed by atoms with Crippen molar-refractivity contribution in [3.63, 3.8) is 0 Å². The third kappa shape index (κ3) is 7.01. The third-order valence-electron chi connectivity index (χ3n) is 7.10. The number of carbonyl (C=O) groups is 1. The van der Waals surface area contributed by atoms with Crippen molar-refractivity contribution in [2.24, 2.45) is 5.92 Å². The van der Waals surface area contributed by atoms with Crippen molar-refractivity contribution in [1.29, 1.82) is 0 Å². The normalized spacial score (nSPS) is 31.1. The van der Waals surface area contributed by atoms with E-state index in [-0.39, 0.29) is 26.3 Å². The highest BCUT2D eigenvalue weighted by Crippen LogP contribution is 2.39. The first-order valence-electron chi connectivity index (χ1n) is 12.2. The lowest BCUT2D eigenvalue weighted by molar-refractivity contribution is -0.256. The Morgan fingerprint density at radius 2 is 1.94 bits per heavy atom. The summed E-state index contributed by atoms with van der Waals surface area (Å²) in [6.07, 6.45) is 1.53. The summed E-state index contributed by atoms with van der Waals surface area (Å²) >= 11 is 0. The maximum absolute atomic E-state index is 12.5. The van der Waals surface area contributed by atoms with Gasteiger partial charge in [0.2, 0.25) is 5.79 Å². The molecule has 0 N–H and O–H groups in total. The summed E-state index contributed by atoms with van der Waals surface area (Å²) in [5.74, 6) is -0.576. The molecule has 1 saturated heterocycles. The van der Waals surface area contributed by atoms with E-state index in [0.717, 1.165) is 19.3 Å². The molecule has 7 atom stereocenters. The number of cyclic esters (lactones) is 1. The molecule has 2 heterocycles. The number of hydrogen-bond acceptors (Lipinski definition) is 8.